The minimum atomic E-state index is 0.680. The van der Waals surface area contributed by atoms with E-state index >= 15 is 0 Å². The second-order valence-corrected chi connectivity index (χ2v) is 6.46. The Kier molecular flexibility index (Phi) is 4.18. The summed E-state index contributed by atoms with van der Waals surface area (Å²) in [5.74, 6) is 1.47. The number of halogens is 1. The van der Waals surface area contributed by atoms with Crippen LogP contribution in [0.4, 0.5) is 11.5 Å². The Bertz CT molecular complexity index is 832. The number of nitrogens with zero attached hydrogens (tertiary/aromatic N) is 2. The number of hydrogen-bond donors (Lipinski definition) is 1. The lowest BCUT2D eigenvalue weighted by atomic mass is 10.2. The third-order valence-corrected chi connectivity index (χ3v) is 5.06. The molecule has 6 heteroatoms. The van der Waals surface area contributed by atoms with Crippen LogP contribution in [0.1, 0.15) is 17.4 Å². The number of thiophene rings is 1. The fourth-order valence-electron chi connectivity index (χ4n) is 2.24. The Morgan fingerprint density at radius 1 is 1.27 bits per heavy atom. The summed E-state index contributed by atoms with van der Waals surface area (Å²) in [7, 11) is 1.63. The van der Waals surface area contributed by atoms with E-state index < -0.39 is 0 Å². The lowest BCUT2D eigenvalue weighted by Gasteiger charge is -2.13. The van der Waals surface area contributed by atoms with Gasteiger partial charge in [-0.15, -0.1) is 11.3 Å². The van der Waals surface area contributed by atoms with Crippen molar-refractivity contribution in [3.05, 3.63) is 40.0 Å². The number of aromatic nitrogens is 2. The summed E-state index contributed by atoms with van der Waals surface area (Å²) in [5, 5.41) is 5.05. The Hall–Kier alpha value is -1.85. The van der Waals surface area contributed by atoms with E-state index in [4.69, 9.17) is 16.3 Å². The Morgan fingerprint density at radius 3 is 2.82 bits per heavy atom. The van der Waals surface area contributed by atoms with Crippen molar-refractivity contribution in [2.24, 2.45) is 0 Å². The summed E-state index contributed by atoms with van der Waals surface area (Å²) in [4.78, 5) is 11.0. The van der Waals surface area contributed by atoms with Crippen LogP contribution in [0.5, 0.6) is 5.75 Å². The van der Waals surface area contributed by atoms with Gasteiger partial charge >= 0.3 is 0 Å². The average molecular weight is 334 g/mol. The number of nitrogens with one attached hydrogen (secondary N) is 1. The van der Waals surface area contributed by atoms with Gasteiger partial charge in [-0.3, -0.25) is 0 Å². The second-order valence-electron chi connectivity index (χ2n) is 4.93. The summed E-state index contributed by atoms with van der Waals surface area (Å²) in [6.07, 6.45) is 2.57. The topological polar surface area (TPSA) is 47.0 Å². The first-order valence-electron chi connectivity index (χ1n) is 6.97. The minimum Gasteiger partial charge on any atom is -0.495 e. The monoisotopic (exact) mass is 333 g/mol. The summed E-state index contributed by atoms with van der Waals surface area (Å²) in [5.41, 5.74) is 1.82. The van der Waals surface area contributed by atoms with Crippen LogP contribution in [-0.2, 0) is 6.42 Å². The molecule has 0 radical (unpaired) electrons. The predicted octanol–water partition coefficient (Wildman–Crippen LogP) is 4.97. The molecular formula is C16H16ClN3OS. The van der Waals surface area contributed by atoms with Gasteiger partial charge in [0.1, 0.15) is 22.7 Å². The van der Waals surface area contributed by atoms with E-state index in [1.54, 1.807) is 24.8 Å². The highest BCUT2D eigenvalue weighted by molar-refractivity contribution is 7.18. The summed E-state index contributed by atoms with van der Waals surface area (Å²) in [6, 6.07) is 5.91. The van der Waals surface area contributed by atoms with Gasteiger partial charge in [-0.25, -0.2) is 9.97 Å². The summed E-state index contributed by atoms with van der Waals surface area (Å²) in [6.45, 7) is 4.10. The maximum atomic E-state index is 6.15. The van der Waals surface area contributed by atoms with Crippen molar-refractivity contribution < 1.29 is 4.74 Å². The number of hydrogen-bond acceptors (Lipinski definition) is 5. The maximum Gasteiger partial charge on any atom is 0.143 e. The van der Waals surface area contributed by atoms with Gasteiger partial charge in [0.2, 0.25) is 0 Å². The van der Waals surface area contributed by atoms with Crippen molar-refractivity contribution in [3.63, 3.8) is 0 Å². The largest absolute Gasteiger partial charge is 0.495 e. The molecule has 0 unspecified atom stereocenters. The van der Waals surface area contributed by atoms with Crippen LogP contribution in [0, 0.1) is 6.92 Å². The normalized spacial score (nSPS) is 10.9. The molecule has 0 amide bonds. The molecule has 1 N–H and O–H groups in total. The molecule has 0 bridgehead atoms. The van der Waals surface area contributed by atoms with Gasteiger partial charge in [0.25, 0.3) is 0 Å². The van der Waals surface area contributed by atoms with Crippen LogP contribution in [0.15, 0.2) is 24.5 Å². The zero-order valence-electron chi connectivity index (χ0n) is 12.6. The molecule has 0 aliphatic heterocycles. The standard InChI is InChI=1S/C16H16ClN3OS/c1-4-10-6-11-15(18-8-19-16(11)22-10)20-13-5-9(2)12(17)7-14(13)21-3/h5-8H,4H2,1-3H3,(H,18,19,20). The third-order valence-electron chi connectivity index (χ3n) is 3.46. The zero-order valence-corrected chi connectivity index (χ0v) is 14.2. The lowest BCUT2D eigenvalue weighted by molar-refractivity contribution is 0.416. The van der Waals surface area contributed by atoms with Crippen LogP contribution in [0.25, 0.3) is 10.2 Å². The Labute approximate surface area is 138 Å². The maximum absolute atomic E-state index is 6.15. The van der Waals surface area contributed by atoms with Crippen molar-refractivity contribution in [1.29, 1.82) is 0 Å². The van der Waals surface area contributed by atoms with E-state index in [2.05, 4.69) is 28.3 Å². The molecule has 3 aromatic rings. The van der Waals surface area contributed by atoms with E-state index in [-0.39, 0.29) is 0 Å². The van der Waals surface area contributed by atoms with E-state index in [0.29, 0.717) is 10.8 Å². The Morgan fingerprint density at radius 2 is 2.09 bits per heavy atom. The molecule has 0 atom stereocenters. The molecule has 0 fully saturated rings. The van der Waals surface area contributed by atoms with Gasteiger partial charge in [0.15, 0.2) is 0 Å². The Balaban J connectivity index is 2.06. The molecule has 0 saturated heterocycles. The molecule has 0 spiro atoms. The van der Waals surface area contributed by atoms with Crippen molar-refractivity contribution >= 4 is 44.7 Å². The van der Waals surface area contributed by atoms with Crippen LogP contribution in [0.3, 0.4) is 0 Å². The van der Waals surface area contributed by atoms with Gasteiger partial charge < -0.3 is 10.1 Å². The molecule has 2 aromatic heterocycles. The molecule has 0 saturated carbocycles. The molecule has 114 valence electrons. The number of anilines is 2. The van der Waals surface area contributed by atoms with Crippen LogP contribution < -0.4 is 10.1 Å². The van der Waals surface area contributed by atoms with E-state index in [9.17, 15) is 0 Å². The number of aryl methyl sites for hydroxylation is 2. The highest BCUT2D eigenvalue weighted by atomic mass is 35.5. The predicted molar refractivity (Wildman–Crippen MR) is 92.8 cm³/mol. The molecule has 3 rings (SSSR count). The average Bonchev–Trinajstić information content (AvgIpc) is 2.95. The zero-order chi connectivity index (χ0) is 15.7. The quantitative estimate of drug-likeness (QED) is 0.732. The minimum absolute atomic E-state index is 0.680. The number of benzene rings is 1. The first-order chi connectivity index (χ1) is 10.6. The third kappa shape index (κ3) is 2.74. The van der Waals surface area contributed by atoms with Crippen molar-refractivity contribution in [2.75, 3.05) is 12.4 Å². The SMILES string of the molecule is CCc1cc2c(Nc3cc(C)c(Cl)cc3OC)ncnc2s1. The van der Waals surface area contributed by atoms with Crippen molar-refractivity contribution in [3.8, 4) is 5.75 Å². The second kappa shape index (κ2) is 6.10. The molecule has 4 nitrogen and oxygen atoms in total. The number of fused-ring (bicyclic) bond motifs is 1. The molecule has 2 heterocycles. The van der Waals surface area contributed by atoms with E-state index in [1.807, 2.05) is 19.1 Å². The first kappa shape index (κ1) is 15.1. The van der Waals surface area contributed by atoms with Crippen LogP contribution in [-0.4, -0.2) is 17.1 Å². The van der Waals surface area contributed by atoms with Crippen LogP contribution in [0.2, 0.25) is 5.02 Å². The molecule has 1 aromatic carbocycles. The van der Waals surface area contributed by atoms with Gasteiger partial charge in [-0.1, -0.05) is 18.5 Å². The number of ether oxygens (including phenoxy) is 1. The fraction of sp³-hybridized carbons (Fsp3) is 0.250. The van der Waals surface area contributed by atoms with Gasteiger partial charge in [-0.2, -0.15) is 0 Å². The van der Waals surface area contributed by atoms with Gasteiger partial charge in [0.05, 0.1) is 18.2 Å². The van der Waals surface area contributed by atoms with Gasteiger partial charge in [-0.05, 0) is 31.0 Å². The smallest absolute Gasteiger partial charge is 0.143 e. The van der Waals surface area contributed by atoms with Crippen molar-refractivity contribution in [2.45, 2.75) is 20.3 Å². The highest BCUT2D eigenvalue weighted by Crippen LogP contribution is 2.35. The number of methoxy groups -OCH3 is 1. The van der Waals surface area contributed by atoms with Crippen molar-refractivity contribution in [1.82, 2.24) is 9.97 Å². The number of rotatable bonds is 4. The molecule has 0 aliphatic rings. The van der Waals surface area contributed by atoms with Crippen LogP contribution >= 0.6 is 22.9 Å². The summed E-state index contributed by atoms with van der Waals surface area (Å²) < 4.78 is 5.40. The lowest BCUT2D eigenvalue weighted by Crippen LogP contribution is -1.98. The molecule has 0 aliphatic carbocycles. The first-order valence-corrected chi connectivity index (χ1v) is 8.16. The molecular weight excluding hydrogens is 318 g/mol. The summed E-state index contributed by atoms with van der Waals surface area (Å²) >= 11 is 7.85. The highest BCUT2D eigenvalue weighted by Gasteiger charge is 2.12. The molecule has 22 heavy (non-hydrogen) atoms. The van der Waals surface area contributed by atoms with Gasteiger partial charge in [0, 0.05) is 16.0 Å². The van der Waals surface area contributed by atoms with E-state index in [1.165, 1.54) is 4.88 Å². The van der Waals surface area contributed by atoms with E-state index in [0.717, 1.165) is 33.7 Å². The fourth-order valence-corrected chi connectivity index (χ4v) is 3.33.